The van der Waals surface area contributed by atoms with Gasteiger partial charge in [-0.05, 0) is 18.6 Å². The van der Waals surface area contributed by atoms with Crippen LogP contribution in [0.3, 0.4) is 0 Å². The second-order valence-electron chi connectivity index (χ2n) is 5.26. The summed E-state index contributed by atoms with van der Waals surface area (Å²) in [4.78, 5) is 6.14. The summed E-state index contributed by atoms with van der Waals surface area (Å²) in [7, 11) is 1.68. The summed E-state index contributed by atoms with van der Waals surface area (Å²) < 4.78 is 5.27. The van der Waals surface area contributed by atoms with Crippen LogP contribution in [-0.2, 0) is 6.42 Å². The van der Waals surface area contributed by atoms with Crippen LogP contribution in [0, 0.1) is 0 Å². The van der Waals surface area contributed by atoms with Gasteiger partial charge in [-0.1, -0.05) is 49.7 Å². The number of thiazole rings is 1. The molecular formula is C19H20N2OS. The van der Waals surface area contributed by atoms with Gasteiger partial charge in [0.05, 0.1) is 12.8 Å². The van der Waals surface area contributed by atoms with Gasteiger partial charge in [-0.3, -0.25) is 0 Å². The van der Waals surface area contributed by atoms with E-state index < -0.39 is 0 Å². The number of rotatable bonds is 6. The molecule has 3 nitrogen and oxygen atoms in total. The van der Waals surface area contributed by atoms with Gasteiger partial charge in [0.25, 0.3) is 0 Å². The molecule has 0 unspecified atom stereocenters. The molecule has 118 valence electrons. The van der Waals surface area contributed by atoms with Gasteiger partial charge in [0.1, 0.15) is 5.75 Å². The molecule has 0 atom stereocenters. The van der Waals surface area contributed by atoms with Crippen molar-refractivity contribution < 1.29 is 4.74 Å². The lowest BCUT2D eigenvalue weighted by atomic mass is 10.1. The van der Waals surface area contributed by atoms with E-state index in [1.165, 1.54) is 10.4 Å². The summed E-state index contributed by atoms with van der Waals surface area (Å²) in [5, 5.41) is 4.31. The van der Waals surface area contributed by atoms with Crippen LogP contribution < -0.4 is 10.1 Å². The number of hydrogen-bond donors (Lipinski definition) is 1. The van der Waals surface area contributed by atoms with Gasteiger partial charge in [0.2, 0.25) is 0 Å². The second kappa shape index (κ2) is 7.29. The first kappa shape index (κ1) is 15.6. The average molecular weight is 324 g/mol. The Bertz CT molecular complexity index is 768. The SMILES string of the molecule is CCCc1sc(Nc2cccc(OC)c2)nc1-c1ccccc1. The smallest absolute Gasteiger partial charge is 0.187 e. The Hall–Kier alpha value is -2.33. The van der Waals surface area contributed by atoms with E-state index in [1.807, 2.05) is 30.3 Å². The molecule has 0 saturated carbocycles. The third kappa shape index (κ3) is 3.71. The summed E-state index contributed by atoms with van der Waals surface area (Å²) in [5.74, 6) is 0.837. The van der Waals surface area contributed by atoms with Crippen molar-refractivity contribution in [1.82, 2.24) is 4.98 Å². The Morgan fingerprint density at radius 3 is 2.65 bits per heavy atom. The monoisotopic (exact) mass is 324 g/mol. The van der Waals surface area contributed by atoms with E-state index in [1.54, 1.807) is 18.4 Å². The number of nitrogens with zero attached hydrogens (tertiary/aromatic N) is 1. The van der Waals surface area contributed by atoms with Gasteiger partial charge in [-0.25, -0.2) is 4.98 Å². The Morgan fingerprint density at radius 1 is 1.09 bits per heavy atom. The fourth-order valence-electron chi connectivity index (χ4n) is 2.45. The standard InChI is InChI=1S/C19H20N2OS/c1-3-8-17-18(14-9-5-4-6-10-14)21-19(23-17)20-15-11-7-12-16(13-15)22-2/h4-7,9-13H,3,8H2,1-2H3,(H,20,21). The van der Waals surface area contributed by atoms with Gasteiger partial charge in [0.15, 0.2) is 5.13 Å². The van der Waals surface area contributed by atoms with E-state index in [0.717, 1.165) is 35.1 Å². The number of hydrogen-bond acceptors (Lipinski definition) is 4. The van der Waals surface area contributed by atoms with Crippen LogP contribution in [0.25, 0.3) is 11.3 Å². The molecule has 0 radical (unpaired) electrons. The molecule has 0 aliphatic rings. The third-order valence-corrected chi connectivity index (χ3v) is 4.57. The zero-order chi connectivity index (χ0) is 16.1. The molecule has 0 amide bonds. The molecule has 3 rings (SSSR count). The summed E-state index contributed by atoms with van der Waals surface area (Å²) in [6.07, 6.45) is 2.16. The van der Waals surface area contributed by atoms with E-state index in [4.69, 9.17) is 9.72 Å². The highest BCUT2D eigenvalue weighted by molar-refractivity contribution is 7.16. The second-order valence-corrected chi connectivity index (χ2v) is 6.35. The molecule has 4 heteroatoms. The molecule has 0 saturated heterocycles. The molecule has 23 heavy (non-hydrogen) atoms. The Morgan fingerprint density at radius 2 is 1.91 bits per heavy atom. The molecular weight excluding hydrogens is 304 g/mol. The van der Waals surface area contributed by atoms with E-state index >= 15 is 0 Å². The zero-order valence-electron chi connectivity index (χ0n) is 13.4. The van der Waals surface area contributed by atoms with Gasteiger partial charge < -0.3 is 10.1 Å². The minimum Gasteiger partial charge on any atom is -0.497 e. The summed E-state index contributed by atoms with van der Waals surface area (Å²) in [6, 6.07) is 18.3. The van der Waals surface area contributed by atoms with E-state index in [2.05, 4.69) is 36.5 Å². The van der Waals surface area contributed by atoms with Crippen molar-refractivity contribution in [3.05, 3.63) is 59.5 Å². The Balaban J connectivity index is 1.91. The van der Waals surface area contributed by atoms with E-state index in [-0.39, 0.29) is 0 Å². The summed E-state index contributed by atoms with van der Waals surface area (Å²) in [5.41, 5.74) is 3.24. The molecule has 0 bridgehead atoms. The minimum atomic E-state index is 0.837. The zero-order valence-corrected chi connectivity index (χ0v) is 14.2. The van der Waals surface area contributed by atoms with Crippen LogP contribution in [0.15, 0.2) is 54.6 Å². The highest BCUT2D eigenvalue weighted by atomic mass is 32.1. The first-order valence-electron chi connectivity index (χ1n) is 7.76. The fraction of sp³-hybridized carbons (Fsp3) is 0.211. The molecule has 1 aromatic heterocycles. The Labute approximate surface area is 141 Å². The van der Waals surface area contributed by atoms with Crippen LogP contribution >= 0.6 is 11.3 Å². The van der Waals surface area contributed by atoms with Crippen molar-refractivity contribution in [2.24, 2.45) is 0 Å². The van der Waals surface area contributed by atoms with Gasteiger partial charge >= 0.3 is 0 Å². The van der Waals surface area contributed by atoms with Gasteiger partial charge in [-0.15, -0.1) is 11.3 Å². The molecule has 1 heterocycles. The largest absolute Gasteiger partial charge is 0.497 e. The fourth-order valence-corrected chi connectivity index (χ4v) is 3.55. The van der Waals surface area contributed by atoms with Crippen LogP contribution in [-0.4, -0.2) is 12.1 Å². The van der Waals surface area contributed by atoms with Crippen LogP contribution in [0.5, 0.6) is 5.75 Å². The predicted octanol–water partition coefficient (Wildman–Crippen LogP) is 5.51. The quantitative estimate of drug-likeness (QED) is 0.648. The van der Waals surface area contributed by atoms with E-state index in [9.17, 15) is 0 Å². The Kier molecular flexibility index (Phi) is 4.93. The number of ether oxygens (including phenoxy) is 1. The predicted molar refractivity (Wildman–Crippen MR) is 97.8 cm³/mol. The number of benzene rings is 2. The minimum absolute atomic E-state index is 0.837. The van der Waals surface area contributed by atoms with Crippen LogP contribution in [0.2, 0.25) is 0 Å². The van der Waals surface area contributed by atoms with Crippen LogP contribution in [0.1, 0.15) is 18.2 Å². The molecule has 3 aromatic rings. The maximum absolute atomic E-state index is 5.27. The molecule has 2 aromatic carbocycles. The molecule has 0 aliphatic heterocycles. The summed E-state index contributed by atoms with van der Waals surface area (Å²) in [6.45, 7) is 2.20. The maximum atomic E-state index is 5.27. The topological polar surface area (TPSA) is 34.1 Å². The summed E-state index contributed by atoms with van der Waals surface area (Å²) >= 11 is 1.72. The van der Waals surface area contributed by atoms with Crippen molar-refractivity contribution in [3.8, 4) is 17.0 Å². The van der Waals surface area contributed by atoms with Gasteiger partial charge in [-0.2, -0.15) is 0 Å². The van der Waals surface area contributed by atoms with Crippen molar-refractivity contribution >= 4 is 22.2 Å². The highest BCUT2D eigenvalue weighted by Gasteiger charge is 2.12. The molecule has 1 N–H and O–H groups in total. The molecule has 0 aliphatic carbocycles. The lowest BCUT2D eigenvalue weighted by Crippen LogP contribution is -1.91. The number of methoxy groups -OCH3 is 1. The normalized spacial score (nSPS) is 10.5. The van der Waals surface area contributed by atoms with Crippen molar-refractivity contribution in [2.45, 2.75) is 19.8 Å². The number of aromatic nitrogens is 1. The van der Waals surface area contributed by atoms with Crippen LogP contribution in [0.4, 0.5) is 10.8 Å². The third-order valence-electron chi connectivity index (χ3n) is 3.54. The van der Waals surface area contributed by atoms with Crippen molar-refractivity contribution in [3.63, 3.8) is 0 Å². The first-order chi connectivity index (χ1) is 11.3. The number of nitrogens with one attached hydrogen (secondary N) is 1. The lowest BCUT2D eigenvalue weighted by Gasteiger charge is -2.04. The molecule has 0 fully saturated rings. The van der Waals surface area contributed by atoms with Crippen molar-refractivity contribution in [1.29, 1.82) is 0 Å². The highest BCUT2D eigenvalue weighted by Crippen LogP contribution is 2.34. The van der Waals surface area contributed by atoms with Gasteiger partial charge in [0, 0.05) is 22.2 Å². The molecule has 0 spiro atoms. The number of aryl methyl sites for hydroxylation is 1. The lowest BCUT2D eigenvalue weighted by molar-refractivity contribution is 0.415. The van der Waals surface area contributed by atoms with E-state index in [0.29, 0.717) is 0 Å². The first-order valence-corrected chi connectivity index (χ1v) is 8.58. The number of anilines is 2. The average Bonchev–Trinajstić information content (AvgIpc) is 2.98. The van der Waals surface area contributed by atoms with Crippen molar-refractivity contribution in [2.75, 3.05) is 12.4 Å². The maximum Gasteiger partial charge on any atom is 0.187 e.